The first kappa shape index (κ1) is 13.1. The van der Waals surface area contributed by atoms with Crippen LogP contribution in [-0.2, 0) is 11.3 Å². The molecule has 0 saturated heterocycles. The second-order valence-corrected chi connectivity index (χ2v) is 5.41. The maximum Gasteiger partial charge on any atom is 0.323 e. The lowest BCUT2D eigenvalue weighted by molar-refractivity contribution is -0.144. The molecule has 1 aliphatic carbocycles. The number of nitrogens with one attached hydrogen (secondary N) is 1. The van der Waals surface area contributed by atoms with Crippen LogP contribution in [0.25, 0.3) is 0 Å². The van der Waals surface area contributed by atoms with Crippen molar-refractivity contribution in [2.45, 2.75) is 58.2 Å². The zero-order valence-corrected chi connectivity index (χ0v) is 11.2. The number of aliphatic carboxylic acids is 1. The van der Waals surface area contributed by atoms with Gasteiger partial charge in [-0.25, -0.2) is 4.98 Å². The number of carboxylic acids is 1. The fourth-order valence-electron chi connectivity index (χ4n) is 2.03. The van der Waals surface area contributed by atoms with Gasteiger partial charge in [-0.3, -0.25) is 10.1 Å². The smallest absolute Gasteiger partial charge is 0.323 e. The monoisotopic (exact) mass is 251 g/mol. The lowest BCUT2D eigenvalue weighted by Crippen LogP contribution is -2.51. The quantitative estimate of drug-likeness (QED) is 0.803. The van der Waals surface area contributed by atoms with E-state index in [-0.39, 0.29) is 0 Å². The van der Waals surface area contributed by atoms with Crippen LogP contribution in [0.1, 0.15) is 37.6 Å². The summed E-state index contributed by atoms with van der Waals surface area (Å²) in [5, 5.41) is 12.6. The van der Waals surface area contributed by atoms with Crippen LogP contribution in [0.15, 0.2) is 6.33 Å². The largest absolute Gasteiger partial charge is 0.480 e. The van der Waals surface area contributed by atoms with Gasteiger partial charge in [0.1, 0.15) is 5.54 Å². The zero-order valence-electron chi connectivity index (χ0n) is 11.2. The number of hydrogen-bond donors (Lipinski definition) is 2. The molecule has 2 N–H and O–H groups in total. The first-order valence-corrected chi connectivity index (χ1v) is 6.42. The molecule has 1 unspecified atom stereocenters. The minimum atomic E-state index is -0.841. The van der Waals surface area contributed by atoms with Crippen molar-refractivity contribution < 1.29 is 9.90 Å². The number of hydrogen-bond acceptors (Lipinski definition) is 3. The van der Waals surface area contributed by atoms with Crippen LogP contribution in [0.3, 0.4) is 0 Å². The SMILES string of the molecule is Cc1ncn(CCC(C)(NC2CC2)C(=O)O)c1C. The molecule has 0 aromatic carbocycles. The number of nitrogens with zero attached hydrogens (tertiary/aromatic N) is 2. The first-order chi connectivity index (χ1) is 8.42. The molecule has 1 atom stereocenters. The van der Waals surface area contributed by atoms with Crippen LogP contribution in [0, 0.1) is 13.8 Å². The molecule has 0 amide bonds. The molecule has 0 radical (unpaired) electrons. The van der Waals surface area contributed by atoms with Gasteiger partial charge in [0.05, 0.1) is 12.0 Å². The van der Waals surface area contributed by atoms with E-state index in [1.165, 1.54) is 0 Å². The molecule has 100 valence electrons. The summed E-state index contributed by atoms with van der Waals surface area (Å²) in [5.41, 5.74) is 1.27. The number of aromatic nitrogens is 2. The zero-order chi connectivity index (χ0) is 13.3. The Balaban J connectivity index is 2.01. The van der Waals surface area contributed by atoms with Crippen LogP contribution in [-0.4, -0.2) is 32.2 Å². The third-order valence-electron chi connectivity index (χ3n) is 3.77. The number of rotatable bonds is 6. The Morgan fingerprint density at radius 2 is 2.28 bits per heavy atom. The second-order valence-electron chi connectivity index (χ2n) is 5.41. The highest BCUT2D eigenvalue weighted by molar-refractivity contribution is 5.78. The molecule has 1 heterocycles. The van der Waals surface area contributed by atoms with E-state index in [0.717, 1.165) is 24.2 Å². The van der Waals surface area contributed by atoms with Crippen LogP contribution in [0.5, 0.6) is 0 Å². The van der Waals surface area contributed by atoms with Gasteiger partial charge in [0.25, 0.3) is 0 Å². The van der Waals surface area contributed by atoms with Crippen LogP contribution >= 0.6 is 0 Å². The molecule has 0 bridgehead atoms. The van der Waals surface area contributed by atoms with Crippen LogP contribution in [0.4, 0.5) is 0 Å². The first-order valence-electron chi connectivity index (χ1n) is 6.42. The molecule has 5 heteroatoms. The molecular weight excluding hydrogens is 230 g/mol. The van der Waals surface area contributed by atoms with Crippen molar-refractivity contribution in [1.82, 2.24) is 14.9 Å². The number of imidazole rings is 1. The van der Waals surface area contributed by atoms with Crippen molar-refractivity contribution in [3.05, 3.63) is 17.7 Å². The molecule has 1 saturated carbocycles. The minimum Gasteiger partial charge on any atom is -0.480 e. The second kappa shape index (κ2) is 4.72. The molecule has 0 spiro atoms. The minimum absolute atomic E-state index is 0.386. The topological polar surface area (TPSA) is 67.2 Å². The molecule has 1 aliphatic rings. The van der Waals surface area contributed by atoms with Gasteiger partial charge in [0.15, 0.2) is 0 Å². The van der Waals surface area contributed by atoms with E-state index in [4.69, 9.17) is 0 Å². The third kappa shape index (κ3) is 2.72. The Bertz CT molecular complexity index is 451. The van der Waals surface area contributed by atoms with E-state index in [9.17, 15) is 9.90 Å². The Morgan fingerprint density at radius 3 is 2.72 bits per heavy atom. The van der Waals surface area contributed by atoms with Gasteiger partial charge < -0.3 is 9.67 Å². The summed E-state index contributed by atoms with van der Waals surface area (Å²) >= 11 is 0. The molecule has 1 fully saturated rings. The van der Waals surface area contributed by atoms with Crippen molar-refractivity contribution >= 4 is 5.97 Å². The van der Waals surface area contributed by atoms with Crippen molar-refractivity contribution in [3.63, 3.8) is 0 Å². The summed E-state index contributed by atoms with van der Waals surface area (Å²) in [5.74, 6) is -0.774. The van der Waals surface area contributed by atoms with Gasteiger partial charge in [-0.15, -0.1) is 0 Å². The molecule has 1 aromatic rings. The standard InChI is InChI=1S/C13H21N3O2/c1-9-10(2)16(8-14-9)7-6-13(3,12(17)18)15-11-4-5-11/h8,11,15H,4-7H2,1-3H3,(H,17,18). The number of aryl methyl sites for hydroxylation is 2. The maximum absolute atomic E-state index is 11.4. The Kier molecular flexibility index (Phi) is 3.43. The van der Waals surface area contributed by atoms with Gasteiger partial charge in [-0.2, -0.15) is 0 Å². The van der Waals surface area contributed by atoms with Gasteiger partial charge in [-0.1, -0.05) is 0 Å². The summed E-state index contributed by atoms with van der Waals surface area (Å²) in [6.07, 6.45) is 4.53. The summed E-state index contributed by atoms with van der Waals surface area (Å²) in [7, 11) is 0. The van der Waals surface area contributed by atoms with Crippen LogP contribution < -0.4 is 5.32 Å². The van der Waals surface area contributed by atoms with Crippen molar-refractivity contribution in [2.24, 2.45) is 0 Å². The summed E-state index contributed by atoms with van der Waals surface area (Å²) < 4.78 is 2.02. The number of carbonyl (C=O) groups is 1. The average Bonchev–Trinajstić information content (AvgIpc) is 3.05. The Labute approximate surface area is 107 Å². The number of carboxylic acid groups (broad SMARTS) is 1. The molecule has 1 aromatic heterocycles. The fourth-order valence-corrected chi connectivity index (χ4v) is 2.03. The van der Waals surface area contributed by atoms with Gasteiger partial charge in [-0.05, 0) is 40.0 Å². The molecule has 18 heavy (non-hydrogen) atoms. The van der Waals surface area contributed by atoms with E-state index in [1.54, 1.807) is 13.3 Å². The lowest BCUT2D eigenvalue weighted by Gasteiger charge is -2.26. The molecule has 2 rings (SSSR count). The highest BCUT2D eigenvalue weighted by atomic mass is 16.4. The van der Waals surface area contributed by atoms with E-state index < -0.39 is 11.5 Å². The summed E-state index contributed by atoms with van der Waals surface area (Å²) in [6.45, 7) is 6.42. The van der Waals surface area contributed by atoms with E-state index >= 15 is 0 Å². The summed E-state index contributed by atoms with van der Waals surface area (Å²) in [4.78, 5) is 15.6. The van der Waals surface area contributed by atoms with Crippen LogP contribution in [0.2, 0.25) is 0 Å². The van der Waals surface area contributed by atoms with Gasteiger partial charge in [0.2, 0.25) is 0 Å². The highest BCUT2D eigenvalue weighted by Gasteiger charge is 2.38. The van der Waals surface area contributed by atoms with Crippen molar-refractivity contribution in [2.75, 3.05) is 0 Å². The Hall–Kier alpha value is -1.36. The normalized spacial score (nSPS) is 18.6. The van der Waals surface area contributed by atoms with E-state index in [2.05, 4.69) is 10.3 Å². The van der Waals surface area contributed by atoms with Crippen molar-refractivity contribution in [3.8, 4) is 0 Å². The van der Waals surface area contributed by atoms with E-state index in [1.807, 2.05) is 18.4 Å². The maximum atomic E-state index is 11.4. The van der Waals surface area contributed by atoms with E-state index in [0.29, 0.717) is 19.0 Å². The average molecular weight is 251 g/mol. The highest BCUT2D eigenvalue weighted by Crippen LogP contribution is 2.24. The van der Waals surface area contributed by atoms with Gasteiger partial charge in [0, 0.05) is 18.3 Å². The predicted octanol–water partition coefficient (Wildman–Crippen LogP) is 1.49. The summed E-state index contributed by atoms with van der Waals surface area (Å²) in [6, 6.07) is 0.386. The Morgan fingerprint density at radius 1 is 1.61 bits per heavy atom. The lowest BCUT2D eigenvalue weighted by atomic mass is 9.97. The fraction of sp³-hybridized carbons (Fsp3) is 0.692. The molecule has 0 aliphatic heterocycles. The third-order valence-corrected chi connectivity index (χ3v) is 3.77. The molecule has 5 nitrogen and oxygen atoms in total. The van der Waals surface area contributed by atoms with Crippen molar-refractivity contribution in [1.29, 1.82) is 0 Å². The molecular formula is C13H21N3O2. The predicted molar refractivity (Wildman–Crippen MR) is 68.5 cm³/mol. The van der Waals surface area contributed by atoms with Gasteiger partial charge >= 0.3 is 5.97 Å².